The molecule has 0 amide bonds. The van der Waals surface area contributed by atoms with Gasteiger partial charge < -0.3 is 11.1 Å². The molecular weight excluding hydrogens is 222 g/mol. The predicted molar refractivity (Wildman–Crippen MR) is 76.6 cm³/mol. The molecule has 1 aliphatic rings. The van der Waals surface area contributed by atoms with Crippen molar-refractivity contribution < 1.29 is 0 Å². The van der Waals surface area contributed by atoms with E-state index in [1.165, 1.54) is 25.7 Å². The molecule has 0 radical (unpaired) electrons. The molecule has 1 aromatic carbocycles. The number of hydrogen-bond acceptors (Lipinski definition) is 3. The van der Waals surface area contributed by atoms with Crippen molar-refractivity contribution in [1.82, 2.24) is 4.98 Å². The number of hydrogen-bond donors (Lipinski definition) is 2. The van der Waals surface area contributed by atoms with Crippen LogP contribution >= 0.6 is 0 Å². The second kappa shape index (κ2) is 4.84. The highest BCUT2D eigenvalue weighted by atomic mass is 14.9. The lowest BCUT2D eigenvalue weighted by Crippen LogP contribution is -2.16. The fourth-order valence-electron chi connectivity index (χ4n) is 2.54. The van der Waals surface area contributed by atoms with Crippen LogP contribution in [0.1, 0.15) is 25.7 Å². The van der Waals surface area contributed by atoms with Gasteiger partial charge >= 0.3 is 0 Å². The zero-order chi connectivity index (χ0) is 12.4. The maximum Gasteiger partial charge on any atom is 0.0630 e. The van der Waals surface area contributed by atoms with Gasteiger partial charge in [-0.2, -0.15) is 0 Å². The third-order valence-electron chi connectivity index (χ3n) is 3.95. The Morgan fingerprint density at radius 3 is 2.94 bits per heavy atom. The Morgan fingerprint density at radius 2 is 2.17 bits per heavy atom. The lowest BCUT2D eigenvalue weighted by Gasteiger charge is -2.25. The zero-order valence-electron chi connectivity index (χ0n) is 10.5. The van der Waals surface area contributed by atoms with Crippen LogP contribution in [0, 0.1) is 5.92 Å². The summed E-state index contributed by atoms with van der Waals surface area (Å²) in [6, 6.07) is 6.10. The minimum atomic E-state index is 0.837. The van der Waals surface area contributed by atoms with Gasteiger partial charge in [-0.05, 0) is 24.5 Å². The molecule has 1 aliphatic carbocycles. The first kappa shape index (κ1) is 11.3. The molecule has 1 saturated carbocycles. The third kappa shape index (κ3) is 2.13. The number of nitrogens with zero attached hydrogens (tertiary/aromatic N) is 1. The topological polar surface area (TPSA) is 50.9 Å². The monoisotopic (exact) mass is 241 g/mol. The number of anilines is 2. The lowest BCUT2D eigenvalue weighted by atomic mass is 9.83. The van der Waals surface area contributed by atoms with Gasteiger partial charge in [-0.3, -0.25) is 4.98 Å². The SMILES string of the molecule is Nc1c(NCCC2CCC2)ccc2cnccc12. The highest BCUT2D eigenvalue weighted by Crippen LogP contribution is 2.31. The second-order valence-electron chi connectivity index (χ2n) is 5.14. The van der Waals surface area contributed by atoms with E-state index < -0.39 is 0 Å². The van der Waals surface area contributed by atoms with Gasteiger partial charge in [-0.15, -0.1) is 0 Å². The van der Waals surface area contributed by atoms with E-state index >= 15 is 0 Å². The zero-order valence-corrected chi connectivity index (χ0v) is 10.5. The Bertz CT molecular complexity index is 546. The lowest BCUT2D eigenvalue weighted by molar-refractivity contribution is 0.303. The molecule has 3 heteroatoms. The maximum absolute atomic E-state index is 6.19. The average molecular weight is 241 g/mol. The van der Waals surface area contributed by atoms with Crippen molar-refractivity contribution in [2.24, 2.45) is 5.92 Å². The number of nitrogen functional groups attached to an aromatic ring is 1. The first-order chi connectivity index (χ1) is 8.84. The molecule has 1 aromatic heterocycles. The summed E-state index contributed by atoms with van der Waals surface area (Å²) in [4.78, 5) is 4.11. The maximum atomic E-state index is 6.19. The summed E-state index contributed by atoms with van der Waals surface area (Å²) in [5.41, 5.74) is 8.08. The number of pyridine rings is 1. The van der Waals surface area contributed by atoms with E-state index in [9.17, 15) is 0 Å². The van der Waals surface area contributed by atoms with Crippen LogP contribution in [0.2, 0.25) is 0 Å². The molecule has 0 spiro atoms. The Kier molecular flexibility index (Phi) is 3.05. The van der Waals surface area contributed by atoms with E-state index in [2.05, 4.69) is 22.4 Å². The Balaban J connectivity index is 1.73. The summed E-state index contributed by atoms with van der Waals surface area (Å²) in [6.07, 6.45) is 9.12. The molecule has 18 heavy (non-hydrogen) atoms. The minimum absolute atomic E-state index is 0.837. The van der Waals surface area contributed by atoms with Crippen molar-refractivity contribution >= 4 is 22.1 Å². The smallest absolute Gasteiger partial charge is 0.0630 e. The van der Waals surface area contributed by atoms with E-state index in [1.807, 2.05) is 12.3 Å². The van der Waals surface area contributed by atoms with Gasteiger partial charge in [0.1, 0.15) is 0 Å². The van der Waals surface area contributed by atoms with Crippen LogP contribution in [-0.2, 0) is 0 Å². The summed E-state index contributed by atoms with van der Waals surface area (Å²) < 4.78 is 0. The highest BCUT2D eigenvalue weighted by Gasteiger charge is 2.16. The second-order valence-corrected chi connectivity index (χ2v) is 5.14. The van der Waals surface area contributed by atoms with Crippen LogP contribution in [0.15, 0.2) is 30.6 Å². The molecule has 0 aliphatic heterocycles. The molecule has 1 fully saturated rings. The van der Waals surface area contributed by atoms with Crippen molar-refractivity contribution in [3.05, 3.63) is 30.6 Å². The van der Waals surface area contributed by atoms with Crippen LogP contribution in [0.3, 0.4) is 0 Å². The molecular formula is C15H19N3. The van der Waals surface area contributed by atoms with Crippen LogP contribution in [0.5, 0.6) is 0 Å². The summed E-state index contributed by atoms with van der Waals surface area (Å²) in [5.74, 6) is 0.934. The number of benzene rings is 1. The van der Waals surface area contributed by atoms with Gasteiger partial charge in [0.25, 0.3) is 0 Å². The number of nitrogens with two attached hydrogens (primary N) is 1. The predicted octanol–water partition coefficient (Wildman–Crippen LogP) is 3.42. The van der Waals surface area contributed by atoms with Crippen molar-refractivity contribution in [2.75, 3.05) is 17.6 Å². The van der Waals surface area contributed by atoms with E-state index in [0.717, 1.165) is 34.6 Å². The standard InChI is InChI=1S/C15H19N3/c16-15-13-7-8-17-10-12(13)4-5-14(15)18-9-6-11-2-1-3-11/h4-5,7-8,10-11,18H,1-3,6,9,16H2. The van der Waals surface area contributed by atoms with E-state index in [0.29, 0.717) is 0 Å². The molecule has 3 N–H and O–H groups in total. The van der Waals surface area contributed by atoms with Gasteiger partial charge in [0.2, 0.25) is 0 Å². The first-order valence-corrected chi connectivity index (χ1v) is 6.70. The fraction of sp³-hybridized carbons (Fsp3) is 0.400. The molecule has 94 valence electrons. The third-order valence-corrected chi connectivity index (χ3v) is 3.95. The van der Waals surface area contributed by atoms with Crippen molar-refractivity contribution in [3.63, 3.8) is 0 Å². The average Bonchev–Trinajstić information content (AvgIpc) is 2.35. The van der Waals surface area contributed by atoms with Gasteiger partial charge in [0.15, 0.2) is 0 Å². The van der Waals surface area contributed by atoms with Crippen molar-refractivity contribution in [1.29, 1.82) is 0 Å². The summed E-state index contributed by atoms with van der Waals surface area (Å²) in [7, 11) is 0. The molecule has 0 atom stereocenters. The molecule has 3 nitrogen and oxygen atoms in total. The Hall–Kier alpha value is -1.77. The molecule has 0 saturated heterocycles. The normalized spacial score (nSPS) is 15.6. The van der Waals surface area contributed by atoms with Crippen molar-refractivity contribution in [2.45, 2.75) is 25.7 Å². The molecule has 3 rings (SSSR count). The highest BCUT2D eigenvalue weighted by molar-refractivity contribution is 5.98. The first-order valence-electron chi connectivity index (χ1n) is 6.70. The quantitative estimate of drug-likeness (QED) is 0.806. The molecule has 0 bridgehead atoms. The number of rotatable bonds is 4. The summed E-state index contributed by atoms with van der Waals surface area (Å²) in [5, 5.41) is 5.64. The number of nitrogens with one attached hydrogen (secondary N) is 1. The Morgan fingerprint density at radius 1 is 1.28 bits per heavy atom. The summed E-state index contributed by atoms with van der Waals surface area (Å²) in [6.45, 7) is 1.02. The van der Waals surface area contributed by atoms with E-state index in [1.54, 1.807) is 6.20 Å². The van der Waals surface area contributed by atoms with E-state index in [4.69, 9.17) is 5.73 Å². The van der Waals surface area contributed by atoms with Crippen LogP contribution in [0.25, 0.3) is 10.8 Å². The van der Waals surface area contributed by atoms with Crippen molar-refractivity contribution in [3.8, 4) is 0 Å². The van der Waals surface area contributed by atoms with Crippen LogP contribution in [-0.4, -0.2) is 11.5 Å². The molecule has 2 aromatic rings. The largest absolute Gasteiger partial charge is 0.397 e. The minimum Gasteiger partial charge on any atom is -0.397 e. The molecule has 0 unspecified atom stereocenters. The van der Waals surface area contributed by atoms with E-state index in [-0.39, 0.29) is 0 Å². The van der Waals surface area contributed by atoms with Gasteiger partial charge in [0, 0.05) is 29.7 Å². The number of fused-ring (bicyclic) bond motifs is 1. The fourth-order valence-corrected chi connectivity index (χ4v) is 2.54. The van der Waals surface area contributed by atoms with Gasteiger partial charge in [-0.25, -0.2) is 0 Å². The molecule has 1 heterocycles. The van der Waals surface area contributed by atoms with Crippen LogP contribution in [0.4, 0.5) is 11.4 Å². The summed E-state index contributed by atoms with van der Waals surface area (Å²) >= 11 is 0. The Labute approximate surface area is 107 Å². The number of aromatic nitrogens is 1. The van der Waals surface area contributed by atoms with Crippen LogP contribution < -0.4 is 11.1 Å². The van der Waals surface area contributed by atoms with Gasteiger partial charge in [0.05, 0.1) is 11.4 Å². The van der Waals surface area contributed by atoms with Gasteiger partial charge in [-0.1, -0.05) is 25.3 Å².